The second-order valence-corrected chi connectivity index (χ2v) is 3.99. The molecule has 2 rings (SSSR count). The number of carbonyl (C=O) groups is 1. The Bertz CT molecular complexity index is 413. The van der Waals surface area contributed by atoms with E-state index in [-0.39, 0.29) is 17.2 Å². The van der Waals surface area contributed by atoms with Gasteiger partial charge in [-0.2, -0.15) is 0 Å². The van der Waals surface area contributed by atoms with Crippen LogP contribution in [0.4, 0.5) is 4.39 Å². The van der Waals surface area contributed by atoms with Crippen LogP contribution in [0.1, 0.15) is 16.8 Å². The van der Waals surface area contributed by atoms with Gasteiger partial charge in [0, 0.05) is 18.6 Å². The smallest absolute Gasteiger partial charge is 0.339 e. The largest absolute Gasteiger partial charge is 0.492 e. The summed E-state index contributed by atoms with van der Waals surface area (Å²) >= 11 is 0. The maximum absolute atomic E-state index is 13.0. The number of benzene rings is 1. The summed E-state index contributed by atoms with van der Waals surface area (Å²) in [5.41, 5.74) is -0.0229. The van der Waals surface area contributed by atoms with Crippen LogP contribution in [0.5, 0.6) is 5.75 Å². The van der Waals surface area contributed by atoms with Gasteiger partial charge in [-0.05, 0) is 18.6 Å². The van der Waals surface area contributed by atoms with Crippen molar-refractivity contribution in [2.75, 3.05) is 19.8 Å². The van der Waals surface area contributed by atoms with E-state index in [9.17, 15) is 9.18 Å². The second kappa shape index (κ2) is 5.14. The average Bonchev–Trinajstić information content (AvgIpc) is 2.78. The molecule has 0 radical (unpaired) electrons. The number of rotatable bonds is 4. The molecule has 0 aliphatic carbocycles. The highest BCUT2D eigenvalue weighted by Gasteiger charge is 2.18. The number of carboxylic acid groups (broad SMARTS) is 1. The lowest BCUT2D eigenvalue weighted by Gasteiger charge is -2.12. The van der Waals surface area contributed by atoms with Crippen molar-refractivity contribution in [2.45, 2.75) is 6.42 Å². The summed E-state index contributed by atoms with van der Waals surface area (Å²) < 4.78 is 23.6. The normalized spacial score (nSPS) is 19.2. The highest BCUT2D eigenvalue weighted by molar-refractivity contribution is 5.90. The van der Waals surface area contributed by atoms with Gasteiger partial charge in [-0.1, -0.05) is 0 Å². The van der Waals surface area contributed by atoms with Gasteiger partial charge in [-0.3, -0.25) is 0 Å². The molecular formula is C12H13FO4. The third-order valence-electron chi connectivity index (χ3n) is 2.67. The third-order valence-corrected chi connectivity index (χ3v) is 2.67. The highest BCUT2D eigenvalue weighted by atomic mass is 19.1. The van der Waals surface area contributed by atoms with E-state index < -0.39 is 11.8 Å². The van der Waals surface area contributed by atoms with E-state index in [4.69, 9.17) is 14.6 Å². The SMILES string of the molecule is O=C(O)c1ccc(F)cc1OCC1CCOC1. The number of aromatic carboxylic acids is 1. The van der Waals surface area contributed by atoms with Crippen LogP contribution in [0, 0.1) is 11.7 Å². The molecule has 1 heterocycles. The number of ether oxygens (including phenoxy) is 2. The molecule has 1 aliphatic heterocycles. The first-order chi connectivity index (χ1) is 8.16. The van der Waals surface area contributed by atoms with Crippen molar-refractivity contribution < 1.29 is 23.8 Å². The Morgan fingerprint density at radius 2 is 2.41 bits per heavy atom. The average molecular weight is 240 g/mol. The van der Waals surface area contributed by atoms with Crippen molar-refractivity contribution >= 4 is 5.97 Å². The Kier molecular flexibility index (Phi) is 3.58. The van der Waals surface area contributed by atoms with Gasteiger partial charge in [0.1, 0.15) is 17.1 Å². The molecule has 17 heavy (non-hydrogen) atoms. The van der Waals surface area contributed by atoms with Gasteiger partial charge >= 0.3 is 5.97 Å². The molecule has 1 aromatic carbocycles. The fraction of sp³-hybridized carbons (Fsp3) is 0.417. The molecule has 0 amide bonds. The minimum Gasteiger partial charge on any atom is -0.492 e. The topological polar surface area (TPSA) is 55.8 Å². The molecule has 0 spiro atoms. The van der Waals surface area contributed by atoms with Crippen molar-refractivity contribution in [3.05, 3.63) is 29.6 Å². The molecule has 1 unspecified atom stereocenters. The summed E-state index contributed by atoms with van der Waals surface area (Å²) in [5.74, 6) is -1.31. The maximum atomic E-state index is 13.0. The zero-order valence-electron chi connectivity index (χ0n) is 9.19. The van der Waals surface area contributed by atoms with E-state index in [1.165, 1.54) is 6.07 Å². The Labute approximate surface area is 98.0 Å². The van der Waals surface area contributed by atoms with E-state index >= 15 is 0 Å². The first-order valence-electron chi connectivity index (χ1n) is 5.40. The molecule has 1 aliphatic rings. The predicted octanol–water partition coefficient (Wildman–Crippen LogP) is 1.94. The van der Waals surface area contributed by atoms with Crippen LogP contribution < -0.4 is 4.74 Å². The summed E-state index contributed by atoms with van der Waals surface area (Å²) in [6, 6.07) is 3.41. The lowest BCUT2D eigenvalue weighted by atomic mass is 10.1. The third kappa shape index (κ3) is 2.94. The van der Waals surface area contributed by atoms with Crippen molar-refractivity contribution in [1.82, 2.24) is 0 Å². The van der Waals surface area contributed by atoms with Gasteiger partial charge in [0.15, 0.2) is 0 Å². The van der Waals surface area contributed by atoms with Crippen LogP contribution in [0.25, 0.3) is 0 Å². The van der Waals surface area contributed by atoms with Crippen LogP contribution in [0.15, 0.2) is 18.2 Å². The quantitative estimate of drug-likeness (QED) is 0.873. The lowest BCUT2D eigenvalue weighted by Crippen LogP contribution is -2.13. The van der Waals surface area contributed by atoms with Crippen LogP contribution in [0.3, 0.4) is 0 Å². The Morgan fingerprint density at radius 3 is 3.06 bits per heavy atom. The molecule has 92 valence electrons. The minimum atomic E-state index is -1.12. The van der Waals surface area contributed by atoms with Crippen molar-refractivity contribution in [1.29, 1.82) is 0 Å². The second-order valence-electron chi connectivity index (χ2n) is 3.99. The molecule has 0 bridgehead atoms. The van der Waals surface area contributed by atoms with Gasteiger partial charge in [0.25, 0.3) is 0 Å². The van der Waals surface area contributed by atoms with Crippen molar-refractivity contribution in [3.8, 4) is 5.75 Å². The minimum absolute atomic E-state index is 0.0229. The first kappa shape index (κ1) is 11.9. The molecule has 0 saturated carbocycles. The van der Waals surface area contributed by atoms with Crippen LogP contribution >= 0.6 is 0 Å². The fourth-order valence-corrected chi connectivity index (χ4v) is 1.71. The molecule has 0 aromatic heterocycles. The molecule has 1 aromatic rings. The molecule has 1 saturated heterocycles. The van der Waals surface area contributed by atoms with Crippen LogP contribution in [0.2, 0.25) is 0 Å². The van der Waals surface area contributed by atoms with Gasteiger partial charge in [0.05, 0.1) is 13.2 Å². The van der Waals surface area contributed by atoms with E-state index in [0.29, 0.717) is 19.8 Å². The predicted molar refractivity (Wildman–Crippen MR) is 57.8 cm³/mol. The first-order valence-corrected chi connectivity index (χ1v) is 5.40. The van der Waals surface area contributed by atoms with Crippen molar-refractivity contribution in [3.63, 3.8) is 0 Å². The van der Waals surface area contributed by atoms with E-state index in [2.05, 4.69) is 0 Å². The van der Waals surface area contributed by atoms with Crippen molar-refractivity contribution in [2.24, 2.45) is 5.92 Å². The number of halogens is 1. The molecule has 1 N–H and O–H groups in total. The number of carboxylic acids is 1. The summed E-state index contributed by atoms with van der Waals surface area (Å²) in [7, 11) is 0. The Morgan fingerprint density at radius 1 is 1.59 bits per heavy atom. The fourth-order valence-electron chi connectivity index (χ4n) is 1.71. The Hall–Kier alpha value is -1.62. The van der Waals surface area contributed by atoms with Gasteiger partial charge in [-0.15, -0.1) is 0 Å². The molecule has 4 nitrogen and oxygen atoms in total. The molecular weight excluding hydrogens is 227 g/mol. The van der Waals surface area contributed by atoms with Gasteiger partial charge < -0.3 is 14.6 Å². The van der Waals surface area contributed by atoms with E-state index in [1.807, 2.05) is 0 Å². The summed E-state index contributed by atoms with van der Waals surface area (Å²) in [6.45, 7) is 1.66. The summed E-state index contributed by atoms with van der Waals surface area (Å²) in [5, 5.41) is 8.92. The maximum Gasteiger partial charge on any atom is 0.339 e. The van der Waals surface area contributed by atoms with Gasteiger partial charge in [-0.25, -0.2) is 9.18 Å². The zero-order chi connectivity index (χ0) is 12.3. The summed E-state index contributed by atoms with van der Waals surface area (Å²) in [4.78, 5) is 10.9. The van der Waals surface area contributed by atoms with Crippen LogP contribution in [-0.2, 0) is 4.74 Å². The van der Waals surface area contributed by atoms with Crippen LogP contribution in [-0.4, -0.2) is 30.9 Å². The highest BCUT2D eigenvalue weighted by Crippen LogP contribution is 2.22. The zero-order valence-corrected chi connectivity index (χ0v) is 9.19. The monoisotopic (exact) mass is 240 g/mol. The van der Waals surface area contributed by atoms with E-state index in [0.717, 1.165) is 18.6 Å². The standard InChI is InChI=1S/C12H13FO4/c13-9-1-2-10(12(14)15)11(5-9)17-7-8-3-4-16-6-8/h1-2,5,8H,3-4,6-7H2,(H,14,15). The van der Waals surface area contributed by atoms with E-state index in [1.54, 1.807) is 0 Å². The number of hydrogen-bond donors (Lipinski definition) is 1. The molecule has 5 heteroatoms. The van der Waals surface area contributed by atoms with Gasteiger partial charge in [0.2, 0.25) is 0 Å². The lowest BCUT2D eigenvalue weighted by molar-refractivity contribution is 0.0691. The summed E-state index contributed by atoms with van der Waals surface area (Å²) in [6.07, 6.45) is 0.887. The Balaban J connectivity index is 2.07. The molecule has 1 atom stereocenters. The number of hydrogen-bond acceptors (Lipinski definition) is 3. The molecule has 1 fully saturated rings.